The Labute approximate surface area is 171 Å². The molecule has 3 unspecified atom stereocenters. The lowest BCUT2D eigenvalue weighted by Crippen LogP contribution is -2.53. The lowest BCUT2D eigenvalue weighted by atomic mass is 9.53. The zero-order valence-corrected chi connectivity index (χ0v) is 17.6. The molecule has 0 radical (unpaired) electrons. The van der Waals surface area contributed by atoms with Crippen molar-refractivity contribution in [2.24, 2.45) is 17.3 Å². The van der Waals surface area contributed by atoms with Crippen LogP contribution >= 0.6 is 0 Å². The molecule has 3 aliphatic rings. The highest BCUT2D eigenvalue weighted by molar-refractivity contribution is 5.71. The maximum Gasteiger partial charge on any atom is 0.308 e. The fourth-order valence-electron chi connectivity index (χ4n) is 6.30. The number of fused-ring (bicyclic) bond motifs is 5. The van der Waals surface area contributed by atoms with E-state index < -0.39 is 11.6 Å². The van der Waals surface area contributed by atoms with Crippen molar-refractivity contribution in [3.8, 4) is 11.5 Å². The Bertz CT molecular complexity index is 848. The van der Waals surface area contributed by atoms with Crippen LogP contribution in [0.5, 0.6) is 11.5 Å². The molecule has 0 heterocycles. The molecule has 0 spiro atoms. The van der Waals surface area contributed by atoms with Crippen molar-refractivity contribution < 1.29 is 28.9 Å². The van der Waals surface area contributed by atoms with Gasteiger partial charge in [-0.05, 0) is 73.6 Å². The van der Waals surface area contributed by atoms with Crippen molar-refractivity contribution in [1.82, 2.24) is 0 Å². The van der Waals surface area contributed by atoms with Crippen LogP contribution in [0.1, 0.15) is 64.0 Å². The highest BCUT2D eigenvalue weighted by atomic mass is 16.6. The number of methoxy groups -OCH3 is 1. The van der Waals surface area contributed by atoms with Crippen molar-refractivity contribution in [2.75, 3.05) is 7.11 Å². The molecule has 0 bridgehead atoms. The lowest BCUT2D eigenvalue weighted by molar-refractivity contribution is -0.167. The molecular formula is C23H30O6. The minimum Gasteiger partial charge on any atom is -0.493 e. The molecular weight excluding hydrogens is 372 g/mol. The van der Waals surface area contributed by atoms with E-state index in [1.54, 1.807) is 0 Å². The Morgan fingerprint density at radius 3 is 2.45 bits per heavy atom. The smallest absolute Gasteiger partial charge is 0.308 e. The summed E-state index contributed by atoms with van der Waals surface area (Å²) in [5.74, 6) is 0.653. The van der Waals surface area contributed by atoms with E-state index in [1.807, 2.05) is 12.1 Å². The van der Waals surface area contributed by atoms with Gasteiger partial charge < -0.3 is 19.3 Å². The van der Waals surface area contributed by atoms with Gasteiger partial charge in [0.05, 0.1) is 12.7 Å². The minimum atomic E-state index is -0.940. The number of aliphatic hydroxyl groups is 1. The van der Waals surface area contributed by atoms with Gasteiger partial charge >= 0.3 is 11.9 Å². The zero-order valence-electron chi connectivity index (χ0n) is 17.6. The zero-order chi connectivity index (χ0) is 21.0. The Balaban J connectivity index is 1.70. The van der Waals surface area contributed by atoms with Gasteiger partial charge in [-0.15, -0.1) is 0 Å². The summed E-state index contributed by atoms with van der Waals surface area (Å²) in [5.41, 5.74) is 0.866. The summed E-state index contributed by atoms with van der Waals surface area (Å²) in [6.45, 7) is 5.06. The van der Waals surface area contributed by atoms with Crippen LogP contribution in [-0.4, -0.2) is 30.3 Å². The number of hydrogen-bond acceptors (Lipinski definition) is 6. The standard InChI is InChI=1S/C23H30O6/c1-13(24)28-20-11-15-5-6-17-16-7-8-21(29-14(2)25)22(16,3)9-10-23(17,26)18(15)12-19(20)27-4/h11-12,16-17,21,26H,5-10H2,1-4H3/t16?,17?,21-,22-,23?/m0/s1. The third kappa shape index (κ3) is 3.12. The van der Waals surface area contributed by atoms with Gasteiger partial charge in [0.25, 0.3) is 0 Å². The molecule has 6 heteroatoms. The molecule has 0 aliphatic heterocycles. The Morgan fingerprint density at radius 1 is 1.03 bits per heavy atom. The first-order valence-electron chi connectivity index (χ1n) is 10.5. The van der Waals surface area contributed by atoms with E-state index in [9.17, 15) is 14.7 Å². The molecule has 4 rings (SSSR count). The van der Waals surface area contributed by atoms with Crippen LogP contribution in [0.2, 0.25) is 0 Å². The average molecular weight is 402 g/mol. The van der Waals surface area contributed by atoms with E-state index in [0.717, 1.165) is 43.2 Å². The molecule has 2 fully saturated rings. The van der Waals surface area contributed by atoms with E-state index in [4.69, 9.17) is 14.2 Å². The van der Waals surface area contributed by atoms with Crippen molar-refractivity contribution in [1.29, 1.82) is 0 Å². The highest BCUT2D eigenvalue weighted by Crippen LogP contribution is 2.63. The molecule has 5 atom stereocenters. The minimum absolute atomic E-state index is 0.0724. The summed E-state index contributed by atoms with van der Waals surface area (Å²) in [7, 11) is 1.54. The second-order valence-electron chi connectivity index (χ2n) is 9.11. The fraction of sp³-hybridized carbons (Fsp3) is 0.652. The van der Waals surface area contributed by atoms with Crippen LogP contribution in [0.15, 0.2) is 12.1 Å². The van der Waals surface area contributed by atoms with Crippen LogP contribution in [0.25, 0.3) is 0 Å². The number of ether oxygens (including phenoxy) is 3. The highest BCUT2D eigenvalue weighted by Gasteiger charge is 2.61. The molecule has 0 aromatic heterocycles. The third-order valence-corrected chi connectivity index (χ3v) is 7.61. The number of carbonyl (C=O) groups is 2. The molecule has 1 N–H and O–H groups in total. The fourth-order valence-corrected chi connectivity index (χ4v) is 6.30. The van der Waals surface area contributed by atoms with E-state index in [1.165, 1.54) is 21.0 Å². The van der Waals surface area contributed by atoms with E-state index in [-0.39, 0.29) is 23.4 Å². The van der Waals surface area contributed by atoms with Crippen LogP contribution < -0.4 is 9.47 Å². The molecule has 0 saturated heterocycles. The first kappa shape index (κ1) is 20.2. The summed E-state index contributed by atoms with van der Waals surface area (Å²) in [5, 5.41) is 11.9. The Hall–Kier alpha value is -2.08. The summed E-state index contributed by atoms with van der Waals surface area (Å²) >= 11 is 0. The number of carbonyl (C=O) groups excluding carboxylic acids is 2. The van der Waals surface area contributed by atoms with Gasteiger partial charge in [-0.3, -0.25) is 9.59 Å². The topological polar surface area (TPSA) is 82.1 Å². The molecule has 29 heavy (non-hydrogen) atoms. The molecule has 1 aromatic rings. The second kappa shape index (κ2) is 7.01. The molecule has 3 aliphatic carbocycles. The average Bonchev–Trinajstić information content (AvgIpc) is 2.97. The Kier molecular flexibility index (Phi) is 4.88. The van der Waals surface area contributed by atoms with Crippen LogP contribution in [0.3, 0.4) is 0 Å². The van der Waals surface area contributed by atoms with Gasteiger partial charge in [0.2, 0.25) is 0 Å². The van der Waals surface area contributed by atoms with Crippen molar-refractivity contribution >= 4 is 11.9 Å². The predicted molar refractivity (Wildman–Crippen MR) is 106 cm³/mol. The van der Waals surface area contributed by atoms with Crippen LogP contribution in [0, 0.1) is 17.3 Å². The van der Waals surface area contributed by atoms with Crippen molar-refractivity contribution in [3.05, 3.63) is 23.3 Å². The molecule has 6 nitrogen and oxygen atoms in total. The van der Waals surface area contributed by atoms with Crippen molar-refractivity contribution in [3.63, 3.8) is 0 Å². The first-order valence-corrected chi connectivity index (χ1v) is 10.5. The number of hydrogen-bond donors (Lipinski definition) is 1. The van der Waals surface area contributed by atoms with E-state index in [2.05, 4.69) is 6.92 Å². The van der Waals surface area contributed by atoms with Crippen molar-refractivity contribution in [2.45, 2.75) is 71.0 Å². The lowest BCUT2D eigenvalue weighted by Gasteiger charge is -2.54. The predicted octanol–water partition coefficient (Wildman–Crippen LogP) is 3.51. The van der Waals surface area contributed by atoms with Crippen LogP contribution in [-0.2, 0) is 26.3 Å². The van der Waals surface area contributed by atoms with Gasteiger partial charge in [0, 0.05) is 19.3 Å². The number of esters is 2. The maximum atomic E-state index is 11.9. The number of rotatable bonds is 3. The van der Waals surface area contributed by atoms with Gasteiger partial charge in [0.15, 0.2) is 11.5 Å². The summed E-state index contributed by atoms with van der Waals surface area (Å²) in [4.78, 5) is 23.0. The Morgan fingerprint density at radius 2 is 1.79 bits per heavy atom. The number of benzene rings is 1. The first-order chi connectivity index (χ1) is 13.7. The molecule has 1 aromatic carbocycles. The van der Waals surface area contributed by atoms with Gasteiger partial charge in [0.1, 0.15) is 6.10 Å². The third-order valence-electron chi connectivity index (χ3n) is 7.61. The quantitative estimate of drug-likeness (QED) is 0.615. The van der Waals surface area contributed by atoms with E-state index in [0.29, 0.717) is 23.8 Å². The monoisotopic (exact) mass is 402 g/mol. The normalized spacial score (nSPS) is 35.1. The maximum absolute atomic E-state index is 11.9. The second-order valence-corrected chi connectivity index (χ2v) is 9.11. The summed E-state index contributed by atoms with van der Waals surface area (Å²) in [6.07, 6.45) is 4.83. The molecule has 2 saturated carbocycles. The molecule has 158 valence electrons. The summed E-state index contributed by atoms with van der Waals surface area (Å²) in [6, 6.07) is 3.69. The van der Waals surface area contributed by atoms with Gasteiger partial charge in [-0.25, -0.2) is 0 Å². The SMILES string of the molecule is COc1cc2c(cc1OC(C)=O)CCC1C3CC[C@H](OC(C)=O)[C@@]3(C)CCC21O. The summed E-state index contributed by atoms with van der Waals surface area (Å²) < 4.78 is 16.4. The van der Waals surface area contributed by atoms with Gasteiger partial charge in [-0.1, -0.05) is 6.92 Å². The van der Waals surface area contributed by atoms with Crippen LogP contribution in [0.4, 0.5) is 0 Å². The molecule has 0 amide bonds. The largest absolute Gasteiger partial charge is 0.493 e. The number of aryl methyl sites for hydroxylation is 1. The van der Waals surface area contributed by atoms with E-state index >= 15 is 0 Å². The van der Waals surface area contributed by atoms with Gasteiger partial charge in [-0.2, -0.15) is 0 Å².